The number of benzene rings is 2. The van der Waals surface area contributed by atoms with Gasteiger partial charge in [-0.05, 0) is 60.0 Å². The SMILES string of the molecule is CC1=Cc2ccccc2C1C1=Cc2cccc(CCCC[Si](Cl)(Cl)Cl)c2C1. The van der Waals surface area contributed by atoms with E-state index in [0.717, 1.165) is 31.7 Å². The van der Waals surface area contributed by atoms with Crippen LogP contribution >= 0.6 is 33.2 Å². The Kier molecular flexibility index (Phi) is 5.58. The molecule has 0 aliphatic heterocycles. The summed E-state index contributed by atoms with van der Waals surface area (Å²) in [6.07, 6.45) is 8.94. The molecule has 1 unspecified atom stereocenters. The highest BCUT2D eigenvalue weighted by atomic mass is 35.8. The molecule has 0 saturated heterocycles. The van der Waals surface area contributed by atoms with Gasteiger partial charge in [0.2, 0.25) is 0 Å². The van der Waals surface area contributed by atoms with E-state index in [4.69, 9.17) is 33.2 Å². The third-order valence-electron chi connectivity index (χ3n) is 5.70. The molecule has 4 rings (SSSR count). The van der Waals surface area contributed by atoms with E-state index < -0.39 is 6.00 Å². The highest BCUT2D eigenvalue weighted by molar-refractivity contribution is 7.64. The van der Waals surface area contributed by atoms with Gasteiger partial charge in [0.1, 0.15) is 0 Å². The molecule has 0 aromatic heterocycles. The maximum absolute atomic E-state index is 6.01. The number of unbranched alkanes of at least 4 members (excludes halogenated alkanes) is 1. The maximum Gasteiger partial charge on any atom is 0.341 e. The lowest BCUT2D eigenvalue weighted by Gasteiger charge is -2.17. The number of hydrogen-bond donors (Lipinski definition) is 0. The first-order valence-electron chi connectivity index (χ1n) is 9.57. The molecule has 2 aromatic carbocycles. The van der Waals surface area contributed by atoms with Gasteiger partial charge in [0.25, 0.3) is 0 Å². The minimum Gasteiger partial charge on any atom is -0.126 e. The van der Waals surface area contributed by atoms with E-state index in [1.807, 2.05) is 0 Å². The van der Waals surface area contributed by atoms with Crippen LogP contribution in [0.15, 0.2) is 53.6 Å². The van der Waals surface area contributed by atoms with Gasteiger partial charge in [-0.1, -0.05) is 72.2 Å². The van der Waals surface area contributed by atoms with Gasteiger partial charge >= 0.3 is 6.00 Å². The Hall–Kier alpha value is -0.993. The number of rotatable bonds is 6. The van der Waals surface area contributed by atoms with E-state index in [9.17, 15) is 0 Å². The van der Waals surface area contributed by atoms with Crippen LogP contribution in [0.4, 0.5) is 0 Å². The number of halogens is 3. The monoisotopic (exact) mass is 432 g/mol. The molecule has 27 heavy (non-hydrogen) atoms. The summed E-state index contributed by atoms with van der Waals surface area (Å²) in [5.41, 5.74) is 10.1. The Morgan fingerprint density at radius 3 is 2.52 bits per heavy atom. The third-order valence-corrected chi connectivity index (χ3v) is 8.33. The fourth-order valence-corrected chi connectivity index (χ4v) is 6.35. The van der Waals surface area contributed by atoms with Gasteiger partial charge in [0.05, 0.1) is 0 Å². The van der Waals surface area contributed by atoms with Crippen LogP contribution in [0.1, 0.15) is 53.5 Å². The smallest absolute Gasteiger partial charge is 0.126 e. The van der Waals surface area contributed by atoms with Crippen LogP contribution in [0.5, 0.6) is 0 Å². The van der Waals surface area contributed by atoms with Crippen molar-refractivity contribution in [1.82, 2.24) is 0 Å². The molecular formula is C23H23Cl3Si. The van der Waals surface area contributed by atoms with Gasteiger partial charge in [-0.25, -0.2) is 0 Å². The molecule has 0 saturated carbocycles. The molecule has 4 heteroatoms. The Morgan fingerprint density at radius 1 is 0.926 bits per heavy atom. The van der Waals surface area contributed by atoms with Gasteiger partial charge in [-0.15, -0.1) is 33.2 Å². The number of aryl methyl sites for hydroxylation is 1. The minimum absolute atomic E-state index is 0.428. The van der Waals surface area contributed by atoms with Crippen molar-refractivity contribution in [3.63, 3.8) is 0 Å². The second-order valence-electron chi connectivity index (χ2n) is 7.65. The lowest BCUT2D eigenvalue weighted by atomic mass is 9.87. The Labute approximate surface area is 177 Å². The molecule has 2 aromatic rings. The van der Waals surface area contributed by atoms with Crippen molar-refractivity contribution >= 4 is 51.4 Å². The predicted octanol–water partition coefficient (Wildman–Crippen LogP) is 7.80. The summed E-state index contributed by atoms with van der Waals surface area (Å²) in [6.45, 7) is 2.26. The fraction of sp³-hybridized carbons (Fsp3) is 0.304. The summed E-state index contributed by atoms with van der Waals surface area (Å²) >= 11 is 18.0. The van der Waals surface area contributed by atoms with Crippen LogP contribution in [-0.4, -0.2) is 6.00 Å². The maximum atomic E-state index is 6.01. The van der Waals surface area contributed by atoms with E-state index in [1.165, 1.54) is 39.0 Å². The first kappa shape index (κ1) is 19.3. The predicted molar refractivity (Wildman–Crippen MR) is 122 cm³/mol. The molecule has 2 aliphatic carbocycles. The van der Waals surface area contributed by atoms with Crippen molar-refractivity contribution in [2.24, 2.45) is 0 Å². The molecule has 0 nitrogen and oxygen atoms in total. The van der Waals surface area contributed by atoms with Crippen LogP contribution < -0.4 is 0 Å². The summed E-state index contributed by atoms with van der Waals surface area (Å²) in [5.74, 6) is 0.428. The van der Waals surface area contributed by atoms with Crippen LogP contribution in [0.2, 0.25) is 6.04 Å². The van der Waals surface area contributed by atoms with Crippen LogP contribution in [0.3, 0.4) is 0 Å². The van der Waals surface area contributed by atoms with Gasteiger partial charge in [-0.2, -0.15) is 0 Å². The van der Waals surface area contributed by atoms with Gasteiger partial charge in [0, 0.05) is 5.92 Å². The summed E-state index contributed by atoms with van der Waals surface area (Å²) in [6, 6.07) is 13.7. The average Bonchev–Trinajstić information content (AvgIpc) is 3.17. The largest absolute Gasteiger partial charge is 0.341 e. The summed E-state index contributed by atoms with van der Waals surface area (Å²) in [7, 11) is 0. The van der Waals surface area contributed by atoms with Crippen LogP contribution in [0, 0.1) is 0 Å². The molecule has 140 valence electrons. The zero-order chi connectivity index (χ0) is 19.0. The Bertz CT molecular complexity index is 921. The van der Waals surface area contributed by atoms with E-state index >= 15 is 0 Å². The first-order valence-corrected chi connectivity index (χ1v) is 14.8. The van der Waals surface area contributed by atoms with Crippen molar-refractivity contribution in [2.75, 3.05) is 0 Å². The van der Waals surface area contributed by atoms with Gasteiger partial charge in [-0.3, -0.25) is 0 Å². The molecular weight excluding hydrogens is 411 g/mol. The molecule has 0 N–H and O–H groups in total. The lowest BCUT2D eigenvalue weighted by molar-refractivity contribution is 0.783. The van der Waals surface area contributed by atoms with Crippen molar-refractivity contribution in [3.8, 4) is 0 Å². The molecule has 0 bridgehead atoms. The lowest BCUT2D eigenvalue weighted by Crippen LogP contribution is -2.08. The molecule has 0 fully saturated rings. The average molecular weight is 434 g/mol. The quantitative estimate of drug-likeness (QED) is 0.247. The topological polar surface area (TPSA) is 0 Å². The molecule has 0 heterocycles. The van der Waals surface area contributed by atoms with Crippen LogP contribution in [-0.2, 0) is 12.8 Å². The third kappa shape index (κ3) is 4.22. The fourth-order valence-electron chi connectivity index (χ4n) is 4.49. The molecule has 2 aliphatic rings. The summed E-state index contributed by atoms with van der Waals surface area (Å²) < 4.78 is 0. The molecule has 0 spiro atoms. The van der Waals surface area contributed by atoms with E-state index in [0.29, 0.717) is 5.92 Å². The zero-order valence-electron chi connectivity index (χ0n) is 15.4. The van der Waals surface area contributed by atoms with Crippen molar-refractivity contribution in [3.05, 3.63) is 81.4 Å². The summed E-state index contributed by atoms with van der Waals surface area (Å²) in [4.78, 5) is 0. The van der Waals surface area contributed by atoms with E-state index in [-0.39, 0.29) is 0 Å². The highest BCUT2D eigenvalue weighted by Gasteiger charge is 2.29. The Balaban J connectivity index is 1.50. The number of allylic oxidation sites excluding steroid dienone is 2. The Morgan fingerprint density at radius 2 is 1.70 bits per heavy atom. The zero-order valence-corrected chi connectivity index (χ0v) is 18.7. The van der Waals surface area contributed by atoms with Crippen molar-refractivity contribution in [2.45, 2.75) is 44.6 Å². The van der Waals surface area contributed by atoms with E-state index in [2.05, 4.69) is 61.5 Å². The van der Waals surface area contributed by atoms with Crippen LogP contribution in [0.25, 0.3) is 12.2 Å². The normalized spacial score (nSPS) is 18.1. The molecule has 0 radical (unpaired) electrons. The second-order valence-corrected chi connectivity index (χ2v) is 16.9. The molecule has 0 amide bonds. The van der Waals surface area contributed by atoms with E-state index in [1.54, 1.807) is 0 Å². The minimum atomic E-state index is -2.49. The first-order chi connectivity index (χ1) is 12.9. The van der Waals surface area contributed by atoms with Gasteiger partial charge < -0.3 is 0 Å². The van der Waals surface area contributed by atoms with Gasteiger partial charge in [0.15, 0.2) is 0 Å². The second kappa shape index (κ2) is 7.79. The standard InChI is InChI=1S/C23H23Cl3Si/c1-16-13-18-8-2-3-11-21(18)23(16)20-14-19-10-6-9-17(22(19)15-20)7-4-5-12-27(24,25)26/h2-3,6,8-11,13-14,23H,4-5,7,12,15H2,1H3. The van der Waals surface area contributed by atoms with Crippen molar-refractivity contribution in [1.29, 1.82) is 0 Å². The highest BCUT2D eigenvalue weighted by Crippen LogP contribution is 2.45. The number of hydrogen-bond acceptors (Lipinski definition) is 0. The van der Waals surface area contributed by atoms with Crippen molar-refractivity contribution < 1.29 is 0 Å². The number of fused-ring (bicyclic) bond motifs is 2. The molecule has 1 atom stereocenters. The summed E-state index contributed by atoms with van der Waals surface area (Å²) in [5, 5.41) is 0.